The van der Waals surface area contributed by atoms with E-state index in [9.17, 15) is 9.59 Å². The van der Waals surface area contributed by atoms with E-state index in [1.807, 2.05) is 42.2 Å². The first-order valence-electron chi connectivity index (χ1n) is 7.47. The Kier molecular flexibility index (Phi) is 3.92. The van der Waals surface area contributed by atoms with Crippen molar-refractivity contribution in [3.63, 3.8) is 0 Å². The van der Waals surface area contributed by atoms with Crippen molar-refractivity contribution in [1.82, 2.24) is 10.2 Å². The Morgan fingerprint density at radius 2 is 2.05 bits per heavy atom. The van der Waals surface area contributed by atoms with Crippen LogP contribution in [0.4, 0.5) is 0 Å². The van der Waals surface area contributed by atoms with E-state index >= 15 is 0 Å². The molecule has 1 aliphatic heterocycles. The summed E-state index contributed by atoms with van der Waals surface area (Å²) in [6, 6.07) is 9.61. The topological polar surface area (TPSA) is 58.6 Å². The van der Waals surface area contributed by atoms with Gasteiger partial charge in [0, 0.05) is 12.6 Å². The number of ether oxygens (including phenoxy) is 1. The molecule has 0 aromatic heterocycles. The smallest absolute Gasteiger partial charge is 0.251 e. The van der Waals surface area contributed by atoms with Crippen molar-refractivity contribution in [2.24, 2.45) is 0 Å². The van der Waals surface area contributed by atoms with Crippen molar-refractivity contribution in [2.75, 3.05) is 13.2 Å². The number of rotatable bonds is 4. The van der Waals surface area contributed by atoms with E-state index in [0.717, 1.165) is 18.4 Å². The summed E-state index contributed by atoms with van der Waals surface area (Å²) in [5.74, 6) is -0.170. The van der Waals surface area contributed by atoms with Crippen LogP contribution in [-0.2, 0) is 14.3 Å². The van der Waals surface area contributed by atoms with Crippen molar-refractivity contribution in [1.29, 1.82) is 0 Å². The molecule has 112 valence electrons. The molecule has 1 saturated heterocycles. The fourth-order valence-corrected chi connectivity index (χ4v) is 2.89. The van der Waals surface area contributed by atoms with Crippen LogP contribution in [0.1, 0.15) is 31.4 Å². The van der Waals surface area contributed by atoms with Crippen LogP contribution >= 0.6 is 0 Å². The van der Waals surface area contributed by atoms with Gasteiger partial charge in [-0.05, 0) is 25.3 Å². The van der Waals surface area contributed by atoms with Gasteiger partial charge >= 0.3 is 0 Å². The monoisotopic (exact) mass is 288 g/mol. The van der Waals surface area contributed by atoms with Crippen LogP contribution in [0.5, 0.6) is 0 Å². The van der Waals surface area contributed by atoms with Crippen LogP contribution in [0, 0.1) is 0 Å². The summed E-state index contributed by atoms with van der Waals surface area (Å²) in [7, 11) is 0. The Hall–Kier alpha value is -1.88. The Morgan fingerprint density at radius 3 is 2.67 bits per heavy atom. The Balaban J connectivity index is 1.95. The van der Waals surface area contributed by atoms with Crippen LogP contribution in [0.2, 0.25) is 0 Å². The molecule has 5 nitrogen and oxygen atoms in total. The molecule has 0 radical (unpaired) electrons. The van der Waals surface area contributed by atoms with Crippen LogP contribution in [0.25, 0.3) is 0 Å². The molecule has 3 rings (SSSR count). The molecule has 1 N–H and O–H groups in total. The molecule has 21 heavy (non-hydrogen) atoms. The van der Waals surface area contributed by atoms with E-state index in [1.54, 1.807) is 0 Å². The average molecular weight is 288 g/mol. The minimum Gasteiger partial charge on any atom is -0.356 e. The molecule has 2 atom stereocenters. The van der Waals surface area contributed by atoms with Crippen LogP contribution in [0.15, 0.2) is 30.3 Å². The molecule has 1 aromatic rings. The first kappa shape index (κ1) is 14.1. The van der Waals surface area contributed by atoms with E-state index in [1.165, 1.54) is 0 Å². The number of hydrogen-bond donors (Lipinski definition) is 1. The number of nitrogens with zero attached hydrogens (tertiary/aromatic N) is 1. The van der Waals surface area contributed by atoms with E-state index < -0.39 is 6.10 Å². The second-order valence-electron chi connectivity index (χ2n) is 5.51. The zero-order valence-electron chi connectivity index (χ0n) is 12.1. The van der Waals surface area contributed by atoms with Crippen molar-refractivity contribution >= 4 is 11.8 Å². The molecule has 2 aliphatic rings. The largest absolute Gasteiger partial charge is 0.356 e. The summed E-state index contributed by atoms with van der Waals surface area (Å²) in [5, 5.41) is 2.81. The first-order chi connectivity index (χ1) is 10.2. The lowest BCUT2D eigenvalue weighted by Gasteiger charge is -2.40. The third kappa shape index (κ3) is 2.78. The van der Waals surface area contributed by atoms with Gasteiger partial charge in [-0.3, -0.25) is 9.59 Å². The van der Waals surface area contributed by atoms with Gasteiger partial charge in [0.1, 0.15) is 6.61 Å². The quantitative estimate of drug-likeness (QED) is 0.907. The van der Waals surface area contributed by atoms with Crippen LogP contribution in [-0.4, -0.2) is 42.0 Å². The number of carbonyl (C=O) groups is 2. The summed E-state index contributed by atoms with van der Waals surface area (Å²) < 4.78 is 5.58. The van der Waals surface area contributed by atoms with Gasteiger partial charge in [0.05, 0.1) is 6.04 Å². The first-order valence-corrected chi connectivity index (χ1v) is 7.47. The fourth-order valence-electron chi connectivity index (χ4n) is 2.89. The minimum absolute atomic E-state index is 0.0123. The fraction of sp³-hybridized carbons (Fsp3) is 0.500. The van der Waals surface area contributed by atoms with Gasteiger partial charge in [-0.15, -0.1) is 0 Å². The lowest BCUT2D eigenvalue weighted by molar-refractivity contribution is -0.165. The molecule has 1 heterocycles. The molecular weight excluding hydrogens is 268 g/mol. The molecule has 0 spiro atoms. The van der Waals surface area contributed by atoms with Gasteiger partial charge in [0.15, 0.2) is 6.10 Å². The van der Waals surface area contributed by atoms with Gasteiger partial charge in [-0.1, -0.05) is 30.3 Å². The number of nitrogens with one attached hydrogen (secondary N) is 1. The number of morpholine rings is 1. The molecule has 0 unspecified atom stereocenters. The molecule has 1 saturated carbocycles. The van der Waals surface area contributed by atoms with E-state index in [2.05, 4.69) is 5.32 Å². The maximum atomic E-state index is 12.3. The lowest BCUT2D eigenvalue weighted by atomic mass is 9.97. The third-order valence-electron chi connectivity index (χ3n) is 3.95. The van der Waals surface area contributed by atoms with E-state index in [-0.39, 0.29) is 30.5 Å². The zero-order valence-corrected chi connectivity index (χ0v) is 12.1. The zero-order chi connectivity index (χ0) is 14.8. The number of hydrogen-bond acceptors (Lipinski definition) is 3. The summed E-state index contributed by atoms with van der Waals surface area (Å²) in [5.41, 5.74) is 0.953. The summed E-state index contributed by atoms with van der Waals surface area (Å²) in [4.78, 5) is 26.4. The average Bonchev–Trinajstić information content (AvgIpc) is 3.32. The van der Waals surface area contributed by atoms with Gasteiger partial charge in [0.2, 0.25) is 5.91 Å². The predicted molar refractivity (Wildman–Crippen MR) is 77.5 cm³/mol. The number of amides is 2. The highest BCUT2D eigenvalue weighted by atomic mass is 16.5. The van der Waals surface area contributed by atoms with Crippen molar-refractivity contribution in [3.05, 3.63) is 35.9 Å². The van der Waals surface area contributed by atoms with Crippen molar-refractivity contribution < 1.29 is 14.3 Å². The minimum atomic E-state index is -0.634. The predicted octanol–water partition coefficient (Wildman–Crippen LogP) is 1.25. The van der Waals surface area contributed by atoms with Crippen LogP contribution in [0.3, 0.4) is 0 Å². The molecule has 2 amide bonds. The highest BCUT2D eigenvalue weighted by molar-refractivity contribution is 5.86. The molecule has 1 aromatic carbocycles. The number of carbonyl (C=O) groups excluding carboxylic acids is 2. The molecule has 2 fully saturated rings. The Morgan fingerprint density at radius 1 is 1.33 bits per heavy atom. The van der Waals surface area contributed by atoms with Gasteiger partial charge in [-0.2, -0.15) is 0 Å². The van der Waals surface area contributed by atoms with E-state index in [4.69, 9.17) is 4.74 Å². The SMILES string of the molecule is CCNC(=O)[C@@H]1OCC(=O)N(C2CC2)[C@H]1c1ccccc1. The van der Waals surface area contributed by atoms with Crippen molar-refractivity contribution in [3.8, 4) is 0 Å². The third-order valence-corrected chi connectivity index (χ3v) is 3.95. The van der Waals surface area contributed by atoms with Gasteiger partial charge in [-0.25, -0.2) is 0 Å². The normalized spacial score (nSPS) is 25.8. The second-order valence-corrected chi connectivity index (χ2v) is 5.51. The van der Waals surface area contributed by atoms with Gasteiger partial charge in [0.25, 0.3) is 5.91 Å². The standard InChI is InChI=1S/C16H20N2O3/c1-2-17-16(20)15-14(11-6-4-3-5-7-11)18(12-8-9-12)13(19)10-21-15/h3-7,12,14-15H,2,8-10H2,1H3,(H,17,20)/t14-,15+/m0/s1. The molecule has 1 aliphatic carbocycles. The molecular formula is C16H20N2O3. The summed E-state index contributed by atoms with van der Waals surface area (Å²) in [6.45, 7) is 2.42. The highest BCUT2D eigenvalue weighted by Crippen LogP contribution is 2.39. The van der Waals surface area contributed by atoms with E-state index in [0.29, 0.717) is 6.54 Å². The van der Waals surface area contributed by atoms with Gasteiger partial charge < -0.3 is 15.0 Å². The lowest BCUT2D eigenvalue weighted by Crippen LogP contribution is -2.55. The van der Waals surface area contributed by atoms with Crippen LogP contribution < -0.4 is 5.32 Å². The Labute approximate surface area is 124 Å². The molecule has 5 heteroatoms. The summed E-state index contributed by atoms with van der Waals surface area (Å²) >= 11 is 0. The van der Waals surface area contributed by atoms with Crippen molar-refractivity contribution in [2.45, 2.75) is 38.0 Å². The maximum Gasteiger partial charge on any atom is 0.251 e. The summed E-state index contributed by atoms with van der Waals surface area (Å²) in [6.07, 6.45) is 1.39. The number of likely N-dealkylation sites (N-methyl/N-ethyl adjacent to an activating group) is 1. The highest BCUT2D eigenvalue weighted by Gasteiger charge is 2.47. The number of benzene rings is 1. The molecule has 0 bridgehead atoms. The Bertz CT molecular complexity index is 528. The maximum absolute atomic E-state index is 12.3. The second kappa shape index (κ2) is 5.85.